The van der Waals surface area contributed by atoms with E-state index in [-0.39, 0.29) is 12.4 Å². The smallest absolute Gasteiger partial charge is 0.161 e. The molecular formula is C11H15ClO2. The molecule has 2 aliphatic carbocycles. The Morgan fingerprint density at radius 2 is 2.21 bits per heavy atom. The molecule has 0 aromatic heterocycles. The fourth-order valence-corrected chi connectivity index (χ4v) is 3.07. The lowest BCUT2D eigenvalue weighted by Crippen LogP contribution is -2.26. The summed E-state index contributed by atoms with van der Waals surface area (Å²) in [7, 11) is 0. The van der Waals surface area contributed by atoms with Crippen LogP contribution in [0.25, 0.3) is 0 Å². The molecule has 3 rings (SSSR count). The first-order valence-corrected chi connectivity index (χ1v) is 5.91. The molecule has 0 aromatic rings. The first-order chi connectivity index (χ1) is 6.86. The summed E-state index contributed by atoms with van der Waals surface area (Å²) in [6.07, 6.45) is 7.35. The summed E-state index contributed by atoms with van der Waals surface area (Å²) in [5.41, 5.74) is 0. The lowest BCUT2D eigenvalue weighted by molar-refractivity contribution is -0.1000. The lowest BCUT2D eigenvalue weighted by Gasteiger charge is -2.23. The third-order valence-corrected chi connectivity index (χ3v) is 3.97. The Hall–Kier alpha value is -0.0500. The summed E-state index contributed by atoms with van der Waals surface area (Å²) in [6.45, 7) is 0.672. The quantitative estimate of drug-likeness (QED) is 0.518. The topological polar surface area (TPSA) is 18.5 Å². The normalized spacial score (nSPS) is 50.5. The van der Waals surface area contributed by atoms with E-state index in [1.54, 1.807) is 0 Å². The number of rotatable bonds is 2. The van der Waals surface area contributed by atoms with Crippen molar-refractivity contribution in [3.63, 3.8) is 0 Å². The predicted molar refractivity (Wildman–Crippen MR) is 54.2 cm³/mol. The van der Waals surface area contributed by atoms with Crippen molar-refractivity contribution < 1.29 is 9.47 Å². The maximum atomic E-state index is 5.76. The molecular weight excluding hydrogens is 200 g/mol. The molecule has 0 aromatic carbocycles. The first kappa shape index (κ1) is 9.20. The second-order valence-corrected chi connectivity index (χ2v) is 4.87. The van der Waals surface area contributed by atoms with Crippen molar-refractivity contribution in [1.29, 1.82) is 0 Å². The van der Waals surface area contributed by atoms with Crippen molar-refractivity contribution in [2.75, 3.05) is 12.5 Å². The summed E-state index contributed by atoms with van der Waals surface area (Å²) >= 11 is 5.74. The van der Waals surface area contributed by atoms with Crippen LogP contribution in [-0.2, 0) is 9.47 Å². The van der Waals surface area contributed by atoms with Gasteiger partial charge >= 0.3 is 0 Å². The van der Waals surface area contributed by atoms with Crippen molar-refractivity contribution in [3.8, 4) is 0 Å². The van der Waals surface area contributed by atoms with E-state index in [1.165, 1.54) is 12.8 Å². The number of ether oxygens (including phenoxy) is 2. The highest BCUT2D eigenvalue weighted by Crippen LogP contribution is 2.46. The maximum Gasteiger partial charge on any atom is 0.161 e. The molecule has 14 heavy (non-hydrogen) atoms. The Morgan fingerprint density at radius 3 is 2.79 bits per heavy atom. The summed E-state index contributed by atoms with van der Waals surface area (Å²) in [6, 6.07) is 0. The molecule has 0 unspecified atom stereocenters. The van der Waals surface area contributed by atoms with Crippen LogP contribution in [0.1, 0.15) is 12.8 Å². The van der Waals surface area contributed by atoms with Crippen molar-refractivity contribution >= 4 is 11.6 Å². The van der Waals surface area contributed by atoms with E-state index >= 15 is 0 Å². The average molecular weight is 215 g/mol. The van der Waals surface area contributed by atoms with E-state index in [0.717, 1.165) is 5.92 Å². The van der Waals surface area contributed by atoms with Gasteiger partial charge in [-0.3, -0.25) is 0 Å². The van der Waals surface area contributed by atoms with Crippen LogP contribution in [0.15, 0.2) is 12.2 Å². The molecule has 3 aliphatic rings. The zero-order chi connectivity index (χ0) is 9.54. The highest BCUT2D eigenvalue weighted by Gasteiger charge is 2.43. The van der Waals surface area contributed by atoms with Gasteiger partial charge in [-0.1, -0.05) is 12.2 Å². The minimum atomic E-state index is 0.0127. The van der Waals surface area contributed by atoms with Gasteiger partial charge in [-0.25, -0.2) is 0 Å². The third-order valence-electron chi connectivity index (χ3n) is 3.62. The minimum absolute atomic E-state index is 0.0127. The summed E-state index contributed by atoms with van der Waals surface area (Å²) in [5, 5.41) is 0. The van der Waals surface area contributed by atoms with E-state index in [2.05, 4.69) is 12.2 Å². The number of fused-ring (bicyclic) bond motifs is 2. The third kappa shape index (κ3) is 1.40. The van der Waals surface area contributed by atoms with Gasteiger partial charge in [-0.2, -0.15) is 0 Å². The van der Waals surface area contributed by atoms with Crippen molar-refractivity contribution in [1.82, 2.24) is 0 Å². The van der Waals surface area contributed by atoms with Crippen LogP contribution in [0.3, 0.4) is 0 Å². The van der Waals surface area contributed by atoms with E-state index in [0.29, 0.717) is 24.3 Å². The number of alkyl halides is 1. The SMILES string of the molecule is ClC[C@H]1CO[C@@H]([C@@H]2C[C@@H]3C=C[C@@H]2C3)O1. The van der Waals surface area contributed by atoms with Crippen molar-refractivity contribution in [2.24, 2.45) is 17.8 Å². The van der Waals surface area contributed by atoms with Gasteiger partial charge in [0.25, 0.3) is 0 Å². The second-order valence-electron chi connectivity index (χ2n) is 4.56. The Kier molecular flexibility index (Phi) is 2.31. The maximum absolute atomic E-state index is 5.76. The number of halogens is 1. The van der Waals surface area contributed by atoms with Crippen molar-refractivity contribution in [2.45, 2.75) is 25.2 Å². The molecule has 3 heteroatoms. The van der Waals surface area contributed by atoms with E-state index < -0.39 is 0 Å². The van der Waals surface area contributed by atoms with Gasteiger partial charge in [0.2, 0.25) is 0 Å². The summed E-state index contributed by atoms with van der Waals surface area (Å²) in [4.78, 5) is 0. The van der Waals surface area contributed by atoms with Gasteiger partial charge in [0.1, 0.15) is 0 Å². The standard InChI is InChI=1S/C11H15ClO2/c12-5-9-6-13-11(14-9)10-4-7-1-2-8(10)3-7/h1-2,7-11H,3-6H2/t7-,8-,9+,10-,11-/m1/s1. The summed E-state index contributed by atoms with van der Waals surface area (Å²) < 4.78 is 11.4. The second kappa shape index (κ2) is 3.51. The van der Waals surface area contributed by atoms with E-state index in [9.17, 15) is 0 Å². The van der Waals surface area contributed by atoms with Crippen molar-refractivity contribution in [3.05, 3.63) is 12.2 Å². The van der Waals surface area contributed by atoms with Crippen LogP contribution < -0.4 is 0 Å². The molecule has 5 atom stereocenters. The lowest BCUT2D eigenvalue weighted by atomic mass is 9.93. The number of hydrogen-bond acceptors (Lipinski definition) is 2. The molecule has 78 valence electrons. The molecule has 0 amide bonds. The molecule has 1 aliphatic heterocycles. The Bertz CT molecular complexity index is 254. The molecule has 1 saturated heterocycles. The Balaban J connectivity index is 1.65. The van der Waals surface area contributed by atoms with E-state index in [4.69, 9.17) is 21.1 Å². The van der Waals surface area contributed by atoms with Crippen LogP contribution in [0.2, 0.25) is 0 Å². The fourth-order valence-electron chi connectivity index (χ4n) is 2.91. The molecule has 1 heterocycles. The van der Waals surface area contributed by atoms with Gasteiger partial charge in [0.15, 0.2) is 6.29 Å². The molecule has 2 nitrogen and oxygen atoms in total. The first-order valence-electron chi connectivity index (χ1n) is 5.38. The Morgan fingerprint density at radius 1 is 1.29 bits per heavy atom. The van der Waals surface area contributed by atoms with Gasteiger partial charge < -0.3 is 9.47 Å². The molecule has 1 saturated carbocycles. The zero-order valence-electron chi connectivity index (χ0n) is 8.06. The van der Waals surface area contributed by atoms with Crippen LogP contribution in [0, 0.1) is 17.8 Å². The highest BCUT2D eigenvalue weighted by molar-refractivity contribution is 6.18. The molecule has 0 radical (unpaired) electrons. The molecule has 2 bridgehead atoms. The largest absolute Gasteiger partial charge is 0.350 e. The average Bonchev–Trinajstić information content (AvgIpc) is 2.93. The van der Waals surface area contributed by atoms with Crippen LogP contribution in [-0.4, -0.2) is 24.9 Å². The molecule has 0 spiro atoms. The van der Waals surface area contributed by atoms with Crippen LogP contribution in [0.4, 0.5) is 0 Å². The van der Waals surface area contributed by atoms with Gasteiger partial charge in [-0.05, 0) is 24.7 Å². The monoisotopic (exact) mass is 214 g/mol. The Labute approximate surface area is 89.2 Å². The van der Waals surface area contributed by atoms with Crippen LogP contribution >= 0.6 is 11.6 Å². The van der Waals surface area contributed by atoms with E-state index in [1.807, 2.05) is 0 Å². The zero-order valence-corrected chi connectivity index (χ0v) is 8.82. The minimum Gasteiger partial charge on any atom is -0.350 e. The molecule has 0 N–H and O–H groups in total. The van der Waals surface area contributed by atoms with Gasteiger partial charge in [0.05, 0.1) is 18.6 Å². The van der Waals surface area contributed by atoms with Gasteiger partial charge in [0, 0.05) is 5.92 Å². The number of hydrogen-bond donors (Lipinski definition) is 0. The number of allylic oxidation sites excluding steroid dienone is 2. The fraction of sp³-hybridized carbons (Fsp3) is 0.818. The van der Waals surface area contributed by atoms with Gasteiger partial charge in [-0.15, -0.1) is 11.6 Å². The summed E-state index contributed by atoms with van der Waals surface area (Å²) in [5.74, 6) is 2.61. The molecule has 2 fully saturated rings. The van der Waals surface area contributed by atoms with Crippen LogP contribution in [0.5, 0.6) is 0 Å². The highest BCUT2D eigenvalue weighted by atomic mass is 35.5. The predicted octanol–water partition coefficient (Wildman–Crippen LogP) is 2.18.